The number of nitriles is 1. The molecular formula is C17H22N2O4. The molecular weight excluding hydrogens is 296 g/mol. The van der Waals surface area contributed by atoms with Crippen LogP contribution in [0.4, 0.5) is 5.69 Å². The second-order valence-electron chi connectivity index (χ2n) is 5.41. The maximum absolute atomic E-state index is 12.4. The minimum atomic E-state index is -0.933. The molecule has 0 heterocycles. The molecule has 124 valence electrons. The minimum Gasteiger partial charge on any atom is -0.425 e. The van der Waals surface area contributed by atoms with Crippen molar-refractivity contribution in [1.29, 1.82) is 5.26 Å². The summed E-state index contributed by atoms with van der Waals surface area (Å²) in [7, 11) is 1.50. The maximum Gasteiger partial charge on any atom is 0.308 e. The van der Waals surface area contributed by atoms with Crippen LogP contribution in [0.5, 0.6) is 5.75 Å². The minimum absolute atomic E-state index is 0.165. The van der Waals surface area contributed by atoms with Crippen LogP contribution in [0.25, 0.3) is 0 Å². The van der Waals surface area contributed by atoms with E-state index in [9.17, 15) is 9.59 Å². The molecule has 0 spiro atoms. The molecule has 6 nitrogen and oxygen atoms in total. The smallest absolute Gasteiger partial charge is 0.308 e. The highest BCUT2D eigenvalue weighted by atomic mass is 16.5. The first-order valence-corrected chi connectivity index (χ1v) is 7.45. The molecule has 6 heteroatoms. The molecule has 0 saturated carbocycles. The van der Waals surface area contributed by atoms with Crippen LogP contribution in [-0.4, -0.2) is 24.6 Å². The summed E-state index contributed by atoms with van der Waals surface area (Å²) in [6, 6.07) is 6.46. The van der Waals surface area contributed by atoms with Crippen molar-refractivity contribution in [2.45, 2.75) is 45.6 Å². The van der Waals surface area contributed by atoms with Gasteiger partial charge in [0.05, 0.1) is 5.56 Å². The van der Waals surface area contributed by atoms with Crippen LogP contribution in [0.1, 0.15) is 45.6 Å². The Morgan fingerprint density at radius 3 is 2.61 bits per heavy atom. The lowest BCUT2D eigenvalue weighted by atomic mass is 9.97. The van der Waals surface area contributed by atoms with Gasteiger partial charge in [-0.25, -0.2) is 0 Å². The second-order valence-corrected chi connectivity index (χ2v) is 5.41. The topological polar surface area (TPSA) is 88.4 Å². The van der Waals surface area contributed by atoms with Crippen LogP contribution >= 0.6 is 0 Å². The fourth-order valence-electron chi connectivity index (χ4n) is 2.02. The number of carbonyl (C=O) groups excluding carboxylic acids is 2. The SMILES string of the molecule is CCCC[C@@](C)(OC)C(=O)Nc1ccc(OC(C)=O)c(C#N)c1. The Bertz CT molecular complexity index is 622. The summed E-state index contributed by atoms with van der Waals surface area (Å²) in [5.41, 5.74) is -0.315. The van der Waals surface area contributed by atoms with Crippen LogP contribution < -0.4 is 10.1 Å². The van der Waals surface area contributed by atoms with Crippen LogP contribution in [-0.2, 0) is 14.3 Å². The lowest BCUT2D eigenvalue weighted by molar-refractivity contribution is -0.136. The summed E-state index contributed by atoms with van der Waals surface area (Å²) in [5.74, 6) is -0.624. The first-order valence-electron chi connectivity index (χ1n) is 7.45. The van der Waals surface area contributed by atoms with E-state index in [0.29, 0.717) is 12.1 Å². The van der Waals surface area contributed by atoms with Gasteiger partial charge in [-0.2, -0.15) is 5.26 Å². The number of nitrogens with one attached hydrogen (secondary N) is 1. The van der Waals surface area contributed by atoms with Crippen molar-refractivity contribution in [2.75, 3.05) is 12.4 Å². The molecule has 1 aromatic rings. The quantitative estimate of drug-likeness (QED) is 0.616. The lowest BCUT2D eigenvalue weighted by Gasteiger charge is -2.26. The monoisotopic (exact) mass is 318 g/mol. The molecule has 1 rings (SSSR count). The fourth-order valence-corrected chi connectivity index (χ4v) is 2.02. The Morgan fingerprint density at radius 2 is 2.09 bits per heavy atom. The summed E-state index contributed by atoms with van der Waals surface area (Å²) in [6.45, 7) is 5.03. The third kappa shape index (κ3) is 5.08. The second kappa shape index (κ2) is 8.30. The zero-order chi connectivity index (χ0) is 17.5. The number of hydrogen-bond acceptors (Lipinski definition) is 5. The zero-order valence-electron chi connectivity index (χ0n) is 13.9. The molecule has 1 amide bonds. The zero-order valence-corrected chi connectivity index (χ0v) is 13.9. The lowest BCUT2D eigenvalue weighted by Crippen LogP contribution is -2.41. The van der Waals surface area contributed by atoms with Crippen molar-refractivity contribution < 1.29 is 19.1 Å². The summed E-state index contributed by atoms with van der Waals surface area (Å²) in [4.78, 5) is 23.4. The maximum atomic E-state index is 12.4. The highest BCUT2D eigenvalue weighted by molar-refractivity contribution is 5.97. The van der Waals surface area contributed by atoms with E-state index < -0.39 is 11.6 Å². The van der Waals surface area contributed by atoms with Gasteiger partial charge in [0.2, 0.25) is 0 Å². The normalized spacial score (nSPS) is 12.8. The third-order valence-corrected chi connectivity index (χ3v) is 3.55. The third-order valence-electron chi connectivity index (χ3n) is 3.55. The van der Waals surface area contributed by atoms with Crippen LogP contribution in [0, 0.1) is 11.3 Å². The Morgan fingerprint density at radius 1 is 1.39 bits per heavy atom. The average molecular weight is 318 g/mol. The van der Waals surface area contributed by atoms with Crippen molar-refractivity contribution in [3.8, 4) is 11.8 Å². The van der Waals surface area contributed by atoms with Gasteiger partial charge in [0, 0.05) is 19.7 Å². The van der Waals surface area contributed by atoms with Crippen LogP contribution in [0.2, 0.25) is 0 Å². The van der Waals surface area contributed by atoms with E-state index in [4.69, 9.17) is 14.7 Å². The first kappa shape index (κ1) is 18.7. The Balaban J connectivity index is 2.94. The van der Waals surface area contributed by atoms with E-state index in [1.807, 2.05) is 13.0 Å². The van der Waals surface area contributed by atoms with Crippen molar-refractivity contribution in [1.82, 2.24) is 0 Å². The van der Waals surface area contributed by atoms with E-state index >= 15 is 0 Å². The van der Waals surface area contributed by atoms with E-state index in [1.54, 1.807) is 13.0 Å². The number of amides is 1. The number of esters is 1. The van der Waals surface area contributed by atoms with Gasteiger partial charge >= 0.3 is 5.97 Å². The van der Waals surface area contributed by atoms with Crippen molar-refractivity contribution in [3.05, 3.63) is 23.8 Å². The molecule has 0 fully saturated rings. The number of methoxy groups -OCH3 is 1. The number of hydrogen-bond donors (Lipinski definition) is 1. The highest BCUT2D eigenvalue weighted by Crippen LogP contribution is 2.25. The molecule has 1 N–H and O–H groups in total. The molecule has 0 aliphatic heterocycles. The van der Waals surface area contributed by atoms with E-state index in [0.717, 1.165) is 12.8 Å². The summed E-state index contributed by atoms with van der Waals surface area (Å²) < 4.78 is 10.3. The van der Waals surface area contributed by atoms with Gasteiger partial charge in [-0.15, -0.1) is 0 Å². The molecule has 0 radical (unpaired) electrons. The van der Waals surface area contributed by atoms with Crippen molar-refractivity contribution in [3.63, 3.8) is 0 Å². The molecule has 0 unspecified atom stereocenters. The number of rotatable bonds is 7. The molecule has 0 aliphatic carbocycles. The number of anilines is 1. The molecule has 1 aromatic carbocycles. The predicted octanol–water partition coefficient (Wildman–Crippen LogP) is 3.02. The molecule has 1 atom stereocenters. The fraction of sp³-hybridized carbons (Fsp3) is 0.471. The van der Waals surface area contributed by atoms with Crippen LogP contribution in [0.15, 0.2) is 18.2 Å². The first-order chi connectivity index (χ1) is 10.9. The highest BCUT2D eigenvalue weighted by Gasteiger charge is 2.32. The Hall–Kier alpha value is -2.39. The number of ether oxygens (including phenoxy) is 2. The molecule has 0 aromatic heterocycles. The summed E-state index contributed by atoms with van der Waals surface area (Å²) in [6.07, 6.45) is 2.43. The van der Waals surface area contributed by atoms with Gasteiger partial charge in [0.25, 0.3) is 5.91 Å². The van der Waals surface area contributed by atoms with E-state index in [-0.39, 0.29) is 17.2 Å². The standard InChI is InChI=1S/C17H22N2O4/c1-5-6-9-17(3,22-4)16(21)19-14-7-8-15(23-12(2)20)13(10-14)11-18/h7-8,10H,5-6,9H2,1-4H3,(H,19,21)/t17-/m1/s1. The molecule has 0 saturated heterocycles. The van der Waals surface area contributed by atoms with Gasteiger partial charge < -0.3 is 14.8 Å². The van der Waals surface area contributed by atoms with Gasteiger partial charge in [-0.05, 0) is 31.5 Å². The van der Waals surface area contributed by atoms with Gasteiger partial charge in [0.1, 0.15) is 17.4 Å². The van der Waals surface area contributed by atoms with Crippen LogP contribution in [0.3, 0.4) is 0 Å². The number of benzene rings is 1. The molecule has 0 bridgehead atoms. The molecule has 0 aliphatic rings. The molecule has 23 heavy (non-hydrogen) atoms. The van der Waals surface area contributed by atoms with Gasteiger partial charge in [-0.3, -0.25) is 9.59 Å². The Labute approximate surface area is 136 Å². The average Bonchev–Trinajstić information content (AvgIpc) is 2.53. The van der Waals surface area contributed by atoms with Crippen molar-refractivity contribution in [2.24, 2.45) is 0 Å². The van der Waals surface area contributed by atoms with Crippen molar-refractivity contribution >= 4 is 17.6 Å². The number of unbranched alkanes of at least 4 members (excludes halogenated alkanes) is 1. The summed E-state index contributed by atoms with van der Waals surface area (Å²) >= 11 is 0. The summed E-state index contributed by atoms with van der Waals surface area (Å²) in [5, 5.41) is 11.9. The van der Waals surface area contributed by atoms with Gasteiger partial charge in [0.15, 0.2) is 0 Å². The predicted molar refractivity (Wildman–Crippen MR) is 86.0 cm³/mol. The van der Waals surface area contributed by atoms with Gasteiger partial charge in [-0.1, -0.05) is 19.8 Å². The van der Waals surface area contributed by atoms with E-state index in [2.05, 4.69) is 5.32 Å². The number of nitrogens with zero attached hydrogens (tertiary/aromatic N) is 1. The Kier molecular flexibility index (Phi) is 6.73. The number of carbonyl (C=O) groups is 2. The van der Waals surface area contributed by atoms with E-state index in [1.165, 1.54) is 26.2 Å². The largest absolute Gasteiger partial charge is 0.425 e.